The summed E-state index contributed by atoms with van der Waals surface area (Å²) >= 11 is 5.88. The van der Waals surface area contributed by atoms with Crippen LogP contribution >= 0.6 is 11.6 Å². The number of fused-ring (bicyclic) bond motifs is 1. The lowest BCUT2D eigenvalue weighted by atomic mass is 9.87. The second kappa shape index (κ2) is 7.09. The average molecular weight is 400 g/mol. The van der Waals surface area contributed by atoms with Crippen LogP contribution in [0.25, 0.3) is 0 Å². The summed E-state index contributed by atoms with van der Waals surface area (Å²) in [4.78, 5) is 42.9. The smallest absolute Gasteiger partial charge is 0.266 e. The largest absolute Gasteiger partial charge is 0.338 e. The zero-order valence-corrected chi connectivity index (χ0v) is 16.6. The summed E-state index contributed by atoms with van der Waals surface area (Å²) in [5.74, 6) is 0.335. The van der Waals surface area contributed by atoms with Gasteiger partial charge in [0.15, 0.2) is 0 Å². The van der Waals surface area contributed by atoms with Gasteiger partial charge in [0.25, 0.3) is 11.5 Å². The summed E-state index contributed by atoms with van der Waals surface area (Å²) in [6.45, 7) is 5.48. The fourth-order valence-corrected chi connectivity index (χ4v) is 4.79. The molecule has 146 valence electrons. The highest BCUT2D eigenvalue weighted by molar-refractivity contribution is 6.30. The molecule has 0 radical (unpaired) electrons. The number of hydrogen-bond acceptors (Lipinski definition) is 3. The van der Waals surface area contributed by atoms with Gasteiger partial charge in [-0.3, -0.25) is 14.4 Å². The average Bonchev–Trinajstić information content (AvgIpc) is 3.22. The number of H-pyrrole nitrogens is 1. The molecule has 3 heterocycles. The van der Waals surface area contributed by atoms with Gasteiger partial charge < -0.3 is 14.8 Å². The highest BCUT2D eigenvalue weighted by atomic mass is 35.5. The lowest BCUT2D eigenvalue weighted by molar-refractivity contribution is -0.130. The maximum Gasteiger partial charge on any atom is 0.266 e. The minimum absolute atomic E-state index is 0.00535. The Labute approximate surface area is 168 Å². The van der Waals surface area contributed by atoms with Crippen molar-refractivity contribution in [1.29, 1.82) is 0 Å². The van der Waals surface area contributed by atoms with Gasteiger partial charge in [0.2, 0.25) is 5.91 Å². The highest BCUT2D eigenvalue weighted by Crippen LogP contribution is 2.46. The van der Waals surface area contributed by atoms with Crippen LogP contribution in [0.1, 0.15) is 34.5 Å². The molecule has 0 spiro atoms. The summed E-state index contributed by atoms with van der Waals surface area (Å²) in [5.41, 5.74) is 2.26. The van der Waals surface area contributed by atoms with Gasteiger partial charge in [-0.05, 0) is 24.1 Å². The van der Waals surface area contributed by atoms with Crippen LogP contribution < -0.4 is 5.56 Å². The van der Waals surface area contributed by atoms with Crippen LogP contribution in [0.2, 0.25) is 5.02 Å². The Morgan fingerprint density at radius 1 is 1.18 bits per heavy atom. The molecule has 3 atom stereocenters. The number of amides is 2. The van der Waals surface area contributed by atoms with Crippen molar-refractivity contribution in [3.05, 3.63) is 68.6 Å². The van der Waals surface area contributed by atoms with E-state index in [1.807, 2.05) is 21.9 Å². The number of likely N-dealkylation sites (tertiary alicyclic amines) is 2. The van der Waals surface area contributed by atoms with E-state index in [2.05, 4.69) is 24.0 Å². The summed E-state index contributed by atoms with van der Waals surface area (Å²) in [7, 11) is 0. The molecule has 2 aliphatic rings. The number of aryl methyl sites for hydroxylation is 1. The number of rotatable bonds is 2. The quantitative estimate of drug-likeness (QED) is 0.843. The molecule has 0 aliphatic carbocycles. The van der Waals surface area contributed by atoms with E-state index in [1.54, 1.807) is 6.92 Å². The number of halogens is 1. The van der Waals surface area contributed by atoms with Gasteiger partial charge in [0.05, 0.1) is 11.6 Å². The van der Waals surface area contributed by atoms with Crippen molar-refractivity contribution in [3.63, 3.8) is 0 Å². The first kappa shape index (κ1) is 18.7. The summed E-state index contributed by atoms with van der Waals surface area (Å²) in [6.07, 6.45) is 1.41. The van der Waals surface area contributed by atoms with Gasteiger partial charge in [-0.25, -0.2) is 0 Å². The molecular formula is C21H22ClN3O3. The number of aromatic amines is 1. The Morgan fingerprint density at radius 3 is 2.61 bits per heavy atom. The first-order valence-electron chi connectivity index (χ1n) is 9.37. The Balaban J connectivity index is 1.62. The summed E-state index contributed by atoms with van der Waals surface area (Å²) < 4.78 is 0. The van der Waals surface area contributed by atoms with Gasteiger partial charge in [-0.15, -0.1) is 0 Å². The minimum Gasteiger partial charge on any atom is -0.338 e. The van der Waals surface area contributed by atoms with Gasteiger partial charge in [-0.2, -0.15) is 0 Å². The lowest BCUT2D eigenvalue weighted by Crippen LogP contribution is -2.36. The Kier molecular flexibility index (Phi) is 4.75. The Hall–Kier alpha value is -2.60. The molecular weight excluding hydrogens is 378 g/mol. The third-order valence-corrected chi connectivity index (χ3v) is 6.25. The van der Waals surface area contributed by atoms with Crippen LogP contribution in [0.5, 0.6) is 0 Å². The number of carbonyl (C=O) groups excluding carboxylic acids is 2. The molecule has 7 heteroatoms. The zero-order chi connectivity index (χ0) is 20.0. The van der Waals surface area contributed by atoms with E-state index in [0.717, 1.165) is 11.1 Å². The number of nitrogens with one attached hydrogen (secondary N) is 1. The van der Waals surface area contributed by atoms with Gasteiger partial charge in [0.1, 0.15) is 5.02 Å². The van der Waals surface area contributed by atoms with E-state index in [-0.39, 0.29) is 34.7 Å². The first-order chi connectivity index (χ1) is 13.4. The topological polar surface area (TPSA) is 73.5 Å². The molecule has 1 N–H and O–H groups in total. The van der Waals surface area contributed by atoms with E-state index in [9.17, 15) is 14.4 Å². The molecule has 1 aromatic heterocycles. The number of aromatic nitrogens is 1. The monoisotopic (exact) mass is 399 g/mol. The van der Waals surface area contributed by atoms with E-state index >= 15 is 0 Å². The molecule has 6 nitrogen and oxygen atoms in total. The van der Waals surface area contributed by atoms with Crippen molar-refractivity contribution in [3.8, 4) is 0 Å². The molecule has 4 rings (SSSR count). The van der Waals surface area contributed by atoms with Crippen LogP contribution in [0, 0.1) is 18.8 Å². The SMILES string of the molecule is CC(=O)N1C[C@H]2CN(C(=O)c3c[nH]c(=O)c(Cl)c3)C[C@H]2[C@H]1c1ccccc1C. The molecule has 0 saturated carbocycles. The predicted molar refractivity (Wildman–Crippen MR) is 106 cm³/mol. The molecule has 2 saturated heterocycles. The number of benzene rings is 1. The minimum atomic E-state index is -0.409. The third-order valence-electron chi connectivity index (χ3n) is 5.97. The maximum atomic E-state index is 12.9. The van der Waals surface area contributed by atoms with Crippen LogP contribution in [0.3, 0.4) is 0 Å². The highest BCUT2D eigenvalue weighted by Gasteiger charge is 2.49. The molecule has 2 aromatic rings. The predicted octanol–water partition coefficient (Wildman–Crippen LogP) is 2.63. The Morgan fingerprint density at radius 2 is 1.93 bits per heavy atom. The lowest BCUT2D eigenvalue weighted by Gasteiger charge is -2.30. The van der Waals surface area contributed by atoms with Crippen LogP contribution in [-0.4, -0.2) is 46.2 Å². The van der Waals surface area contributed by atoms with Crippen molar-refractivity contribution in [2.45, 2.75) is 19.9 Å². The number of hydrogen-bond donors (Lipinski definition) is 1. The van der Waals surface area contributed by atoms with Crippen molar-refractivity contribution in [1.82, 2.24) is 14.8 Å². The van der Waals surface area contributed by atoms with Crippen LogP contribution in [0.4, 0.5) is 0 Å². The molecule has 2 aliphatic heterocycles. The van der Waals surface area contributed by atoms with E-state index in [4.69, 9.17) is 11.6 Å². The van der Waals surface area contributed by atoms with Gasteiger partial charge in [0, 0.05) is 44.6 Å². The molecule has 0 bridgehead atoms. The number of pyridine rings is 1. The van der Waals surface area contributed by atoms with E-state index in [0.29, 0.717) is 25.2 Å². The number of nitrogens with zero attached hydrogens (tertiary/aromatic N) is 2. The second-order valence-corrected chi connectivity index (χ2v) is 8.08. The molecule has 0 unspecified atom stereocenters. The summed E-state index contributed by atoms with van der Waals surface area (Å²) in [6, 6.07) is 9.51. The maximum absolute atomic E-state index is 12.9. The van der Waals surface area contributed by atoms with E-state index in [1.165, 1.54) is 12.3 Å². The molecule has 2 fully saturated rings. The number of carbonyl (C=O) groups is 2. The Bertz CT molecular complexity index is 1000. The fraction of sp³-hybridized carbons (Fsp3) is 0.381. The molecule has 1 aromatic carbocycles. The van der Waals surface area contributed by atoms with Gasteiger partial charge in [-0.1, -0.05) is 35.9 Å². The van der Waals surface area contributed by atoms with Crippen molar-refractivity contribution in [2.24, 2.45) is 11.8 Å². The molecule has 28 heavy (non-hydrogen) atoms. The van der Waals surface area contributed by atoms with Gasteiger partial charge >= 0.3 is 0 Å². The standard InChI is InChI=1S/C21H22ClN3O3/c1-12-5-3-4-6-16(12)19-17-11-24(9-15(17)10-25(19)13(2)26)21(28)14-7-18(22)20(27)23-8-14/h3-8,15,17,19H,9-11H2,1-2H3,(H,23,27)/t15-,17-,19-/m1/s1. The molecule has 2 amide bonds. The summed E-state index contributed by atoms with van der Waals surface area (Å²) in [5, 5.41) is 0.00535. The second-order valence-electron chi connectivity index (χ2n) is 7.67. The van der Waals surface area contributed by atoms with Crippen molar-refractivity contribution in [2.75, 3.05) is 19.6 Å². The van der Waals surface area contributed by atoms with Crippen molar-refractivity contribution < 1.29 is 9.59 Å². The van der Waals surface area contributed by atoms with Crippen molar-refractivity contribution >= 4 is 23.4 Å². The first-order valence-corrected chi connectivity index (χ1v) is 9.75. The van der Waals surface area contributed by atoms with Crippen LogP contribution in [0.15, 0.2) is 41.3 Å². The van der Waals surface area contributed by atoms with Crippen LogP contribution in [-0.2, 0) is 4.79 Å². The normalized spacial score (nSPS) is 23.8. The fourth-order valence-electron chi connectivity index (χ4n) is 4.61. The van der Waals surface area contributed by atoms with E-state index < -0.39 is 5.56 Å². The zero-order valence-electron chi connectivity index (χ0n) is 15.8. The third kappa shape index (κ3) is 3.11.